The van der Waals surface area contributed by atoms with Crippen LogP contribution in [0.25, 0.3) is 11.0 Å². The van der Waals surface area contributed by atoms with Gasteiger partial charge in [-0.3, -0.25) is 9.59 Å². The number of esters is 1. The van der Waals surface area contributed by atoms with Crippen molar-refractivity contribution < 1.29 is 14.3 Å². The molecule has 0 fully saturated rings. The summed E-state index contributed by atoms with van der Waals surface area (Å²) in [6.45, 7) is 1.60. The van der Waals surface area contributed by atoms with Crippen LogP contribution in [0.4, 0.5) is 5.69 Å². The van der Waals surface area contributed by atoms with E-state index in [-0.39, 0.29) is 25.3 Å². The number of amides is 1. The summed E-state index contributed by atoms with van der Waals surface area (Å²) in [5.74, 6) is -0.470. The molecular weight excluding hydrogens is 516 g/mol. The summed E-state index contributed by atoms with van der Waals surface area (Å²) in [5.41, 5.74) is 7.25. The molecular formula is C20H21B8Cl2N5O3. The Balaban J connectivity index is 2.36. The fourth-order valence-electron chi connectivity index (χ4n) is 3.59. The van der Waals surface area contributed by atoms with Gasteiger partial charge in [-0.15, -0.1) is 23.2 Å². The van der Waals surface area contributed by atoms with Gasteiger partial charge in [0.05, 0.1) is 86.5 Å². The maximum absolute atomic E-state index is 12.2. The molecule has 1 aromatic carbocycles. The van der Waals surface area contributed by atoms with Crippen molar-refractivity contribution >= 4 is 115 Å². The first-order valence-electron chi connectivity index (χ1n) is 11.4. The van der Waals surface area contributed by atoms with E-state index in [0.29, 0.717) is 23.3 Å². The van der Waals surface area contributed by atoms with Gasteiger partial charge < -0.3 is 25.3 Å². The second kappa shape index (κ2) is 11.9. The van der Waals surface area contributed by atoms with Crippen LogP contribution in [0.3, 0.4) is 0 Å². The molecule has 0 aliphatic rings. The monoisotopic (exact) mass is 537 g/mol. The molecule has 18 heteroatoms. The van der Waals surface area contributed by atoms with E-state index in [1.54, 1.807) is 24.6 Å². The average molecular weight is 537 g/mol. The number of anilines is 1. The first kappa shape index (κ1) is 32.7. The Labute approximate surface area is 243 Å². The van der Waals surface area contributed by atoms with Gasteiger partial charge in [-0.25, -0.2) is 4.98 Å². The van der Waals surface area contributed by atoms with Crippen LogP contribution in [0.15, 0.2) is 18.2 Å². The van der Waals surface area contributed by atoms with Crippen molar-refractivity contribution in [2.45, 2.75) is 45.8 Å². The largest absolute Gasteiger partial charge is 0.465 e. The number of carbonyl (C=O) groups excluding carboxylic acids is 2. The van der Waals surface area contributed by atoms with Gasteiger partial charge in [0.2, 0.25) is 5.91 Å². The van der Waals surface area contributed by atoms with E-state index in [1.165, 1.54) is 12.1 Å². The minimum Gasteiger partial charge on any atom is -0.465 e. The Morgan fingerprint density at radius 3 is 2.16 bits per heavy atom. The van der Waals surface area contributed by atoms with Gasteiger partial charge in [0.1, 0.15) is 12.4 Å². The molecule has 16 radical (unpaired) electrons. The number of aromatic nitrogens is 2. The van der Waals surface area contributed by atoms with E-state index in [2.05, 4.69) is 10.3 Å². The Hall–Kier alpha value is -1.51. The minimum absolute atomic E-state index is 0.147. The lowest BCUT2D eigenvalue weighted by atomic mass is 9.36. The first-order valence-corrected chi connectivity index (χ1v) is 12.1. The van der Waals surface area contributed by atoms with Crippen molar-refractivity contribution in [3.63, 3.8) is 0 Å². The first-order chi connectivity index (χ1) is 17.3. The number of carbonyl (C=O) groups is 2. The van der Waals surface area contributed by atoms with Crippen molar-refractivity contribution in [2.24, 2.45) is 12.8 Å². The van der Waals surface area contributed by atoms with Gasteiger partial charge in [-0.05, 0) is 51.6 Å². The number of rotatable bonds is 12. The molecule has 2 aromatic rings. The number of hydrogen-bond donors (Lipinski definition) is 2. The van der Waals surface area contributed by atoms with Crippen LogP contribution in [0.2, 0.25) is 0 Å². The quantitative estimate of drug-likeness (QED) is 0.181. The Kier molecular flexibility index (Phi) is 10.3. The second-order valence-corrected chi connectivity index (χ2v) is 10.2. The summed E-state index contributed by atoms with van der Waals surface area (Å²) in [6, 6.07) is 3.84. The molecule has 1 heterocycles. The number of imidazole rings is 1. The zero-order valence-corrected chi connectivity index (χ0v) is 22.7. The Morgan fingerprint density at radius 1 is 1.11 bits per heavy atom. The smallest absolute Gasteiger partial charge is 0.325 e. The van der Waals surface area contributed by atoms with Crippen molar-refractivity contribution in [2.75, 3.05) is 18.1 Å². The van der Waals surface area contributed by atoms with E-state index < -0.39 is 37.9 Å². The van der Waals surface area contributed by atoms with Gasteiger partial charge in [-0.1, -0.05) is 0 Å². The van der Waals surface area contributed by atoms with Crippen LogP contribution in [-0.4, -0.2) is 123 Å². The zero-order valence-electron chi connectivity index (χ0n) is 21.2. The third kappa shape index (κ3) is 6.97. The number of aryl methyl sites for hydroxylation is 2. The molecule has 1 amide bonds. The molecule has 0 saturated carbocycles. The van der Waals surface area contributed by atoms with Crippen molar-refractivity contribution in [1.29, 1.82) is 0 Å². The highest BCUT2D eigenvalue weighted by molar-refractivity contribution is 6.73. The molecule has 2 rings (SSSR count). The van der Waals surface area contributed by atoms with Crippen molar-refractivity contribution in [3.8, 4) is 0 Å². The number of ether oxygens (including phenoxy) is 1. The van der Waals surface area contributed by atoms with E-state index >= 15 is 0 Å². The predicted molar refractivity (Wildman–Crippen MR) is 158 cm³/mol. The Bertz CT molecular complexity index is 1140. The molecule has 3 N–H and O–H groups in total. The fourth-order valence-corrected chi connectivity index (χ4v) is 3.76. The number of nitrogens with one attached hydrogen (secondary N) is 1. The SMILES string of the molecule is [B]C([B])(Cl)C([B])([B])N(c1ccc2c(c1)nc(CCC(N)C(=O)NCC(=O)OCC)n2C)C([B])([B])C([B])([B])Cl. The number of nitrogens with zero attached hydrogens (tertiary/aromatic N) is 3. The number of nitrogens with two attached hydrogens (primary N) is 1. The van der Waals surface area contributed by atoms with Gasteiger partial charge in [0.15, 0.2) is 0 Å². The Morgan fingerprint density at radius 2 is 1.66 bits per heavy atom. The average Bonchev–Trinajstić information content (AvgIpc) is 3.09. The summed E-state index contributed by atoms with van der Waals surface area (Å²) in [6.07, 6.45) is 0.554. The van der Waals surface area contributed by atoms with Gasteiger partial charge in [-0.2, -0.15) is 0 Å². The molecule has 0 spiro atoms. The van der Waals surface area contributed by atoms with Crippen molar-refractivity contribution in [3.05, 3.63) is 24.0 Å². The third-order valence-corrected chi connectivity index (χ3v) is 6.52. The summed E-state index contributed by atoms with van der Waals surface area (Å²) >= 11 is 12.1. The minimum atomic E-state index is -2.33. The van der Waals surface area contributed by atoms with E-state index in [4.69, 9.17) is 96.4 Å². The number of fused-ring (bicyclic) bond motifs is 1. The molecule has 1 atom stereocenters. The summed E-state index contributed by atoms with van der Waals surface area (Å²) in [7, 11) is 49.7. The lowest BCUT2D eigenvalue weighted by Gasteiger charge is -2.61. The van der Waals surface area contributed by atoms with E-state index in [0.717, 1.165) is 4.90 Å². The standard InChI is InChI=1S/C20H21B8Cl2N5O3/c1-3-38-15(36)9-32-16(37)11(31)5-7-14-33-12-8-10(4-6-13(12)34(14)2)35(19(25,26)17(21,22)29)20(27,28)18(23,24)30/h4,6,8,11H,3,5,7,9,31H2,1-2H3,(H,32,37). The molecule has 38 heavy (non-hydrogen) atoms. The molecule has 1 unspecified atom stereocenters. The number of benzene rings is 1. The van der Waals surface area contributed by atoms with E-state index in [1.807, 2.05) is 0 Å². The van der Waals surface area contributed by atoms with Crippen LogP contribution < -0.4 is 16.0 Å². The highest BCUT2D eigenvalue weighted by Crippen LogP contribution is 2.39. The second-order valence-electron chi connectivity index (χ2n) is 8.95. The normalized spacial score (nSPS) is 13.7. The molecule has 0 bridgehead atoms. The van der Waals surface area contributed by atoms with Gasteiger partial charge in [0, 0.05) is 19.2 Å². The fraction of sp³-hybridized carbons (Fsp3) is 0.550. The molecule has 0 saturated heterocycles. The molecule has 0 aliphatic carbocycles. The van der Waals surface area contributed by atoms with Crippen LogP contribution in [-0.2, 0) is 27.8 Å². The van der Waals surface area contributed by atoms with Crippen LogP contribution in [0, 0.1) is 0 Å². The highest BCUT2D eigenvalue weighted by Gasteiger charge is 2.48. The van der Waals surface area contributed by atoms with Crippen LogP contribution in [0.1, 0.15) is 19.2 Å². The van der Waals surface area contributed by atoms with Crippen LogP contribution in [0.5, 0.6) is 0 Å². The lowest BCUT2D eigenvalue weighted by molar-refractivity contribution is -0.143. The molecule has 182 valence electrons. The summed E-state index contributed by atoms with van der Waals surface area (Å²) in [5, 5.41) is -2.22. The molecule has 1 aromatic heterocycles. The van der Waals surface area contributed by atoms with Gasteiger partial charge >= 0.3 is 5.97 Å². The van der Waals surface area contributed by atoms with Crippen molar-refractivity contribution in [1.82, 2.24) is 14.9 Å². The van der Waals surface area contributed by atoms with E-state index in [9.17, 15) is 9.59 Å². The predicted octanol–water partition coefficient (Wildman–Crippen LogP) is -2.24. The number of alkyl halides is 2. The summed E-state index contributed by atoms with van der Waals surface area (Å²) < 4.78 is 1.99. The lowest BCUT2D eigenvalue weighted by Crippen LogP contribution is -2.76. The zero-order chi connectivity index (χ0) is 29.3. The maximum atomic E-state index is 12.2. The third-order valence-electron chi connectivity index (χ3n) is 5.91. The number of hydrogen-bond acceptors (Lipinski definition) is 6. The topological polar surface area (TPSA) is 102 Å². The maximum Gasteiger partial charge on any atom is 0.325 e. The highest BCUT2D eigenvalue weighted by atomic mass is 35.5. The molecule has 8 nitrogen and oxygen atoms in total. The van der Waals surface area contributed by atoms with Crippen LogP contribution >= 0.6 is 23.2 Å². The summed E-state index contributed by atoms with van der Waals surface area (Å²) in [4.78, 5) is 29.2. The molecule has 0 aliphatic heterocycles. The number of halogens is 2. The van der Waals surface area contributed by atoms with Gasteiger partial charge in [0.25, 0.3) is 0 Å².